The fourth-order valence-electron chi connectivity index (χ4n) is 7.64. The number of rotatable bonds is 8. The Morgan fingerprint density at radius 1 is 1.15 bits per heavy atom. The van der Waals surface area contributed by atoms with Gasteiger partial charge >= 0.3 is 0 Å². The second kappa shape index (κ2) is 10.6. The summed E-state index contributed by atoms with van der Waals surface area (Å²) in [4.78, 5) is 21.4. The lowest BCUT2D eigenvalue weighted by Gasteiger charge is -2.54. The average molecular weight is 529 g/mol. The lowest BCUT2D eigenvalue weighted by Crippen LogP contribution is -2.49. The van der Waals surface area contributed by atoms with Gasteiger partial charge in [-0.25, -0.2) is 0 Å². The highest BCUT2D eigenvalue weighted by atomic mass is 16.5. The molecule has 1 atom stereocenters. The summed E-state index contributed by atoms with van der Waals surface area (Å²) in [6.07, 6.45) is 7.16. The lowest BCUT2D eigenvalue weighted by atomic mass is 9.56. The minimum Gasteiger partial charge on any atom is -0.496 e. The van der Waals surface area contributed by atoms with Crippen molar-refractivity contribution in [2.45, 2.75) is 59.0 Å². The number of piperidine rings is 1. The van der Waals surface area contributed by atoms with E-state index in [1.807, 2.05) is 11.1 Å². The van der Waals surface area contributed by atoms with Crippen molar-refractivity contribution in [1.82, 2.24) is 20.1 Å². The molecule has 1 aromatic heterocycles. The van der Waals surface area contributed by atoms with E-state index in [2.05, 4.69) is 72.4 Å². The van der Waals surface area contributed by atoms with E-state index in [1.165, 1.54) is 53.3 Å². The zero-order valence-electron chi connectivity index (χ0n) is 24.1. The van der Waals surface area contributed by atoms with Crippen molar-refractivity contribution in [2.75, 3.05) is 39.8 Å². The number of fused-ring (bicyclic) bond motifs is 1. The highest BCUT2D eigenvalue weighted by Crippen LogP contribution is 2.56. The SMILES string of the molecule is CCN(CC1CNC1)C(=O)c1ccc([C@@H]2CC3(CCN2Cc2c(OC)cc(C)c4[nH]ccc24)CC(C)C3)cc1. The summed E-state index contributed by atoms with van der Waals surface area (Å²) in [6, 6.07) is 13.3. The first-order valence-corrected chi connectivity index (χ1v) is 14.9. The minimum atomic E-state index is 0.153. The molecular formula is C33H44N4O2. The number of aromatic nitrogens is 1. The summed E-state index contributed by atoms with van der Waals surface area (Å²) < 4.78 is 5.90. The van der Waals surface area contributed by atoms with E-state index in [-0.39, 0.29) is 5.91 Å². The van der Waals surface area contributed by atoms with E-state index in [9.17, 15) is 4.79 Å². The summed E-state index contributed by atoms with van der Waals surface area (Å²) in [7, 11) is 1.78. The summed E-state index contributed by atoms with van der Waals surface area (Å²) in [6.45, 7) is 12.2. The second-order valence-electron chi connectivity index (χ2n) is 12.6. The molecule has 3 aliphatic rings. The van der Waals surface area contributed by atoms with Gasteiger partial charge in [0, 0.05) is 72.9 Å². The molecule has 2 saturated heterocycles. The van der Waals surface area contributed by atoms with E-state index in [4.69, 9.17) is 4.74 Å². The summed E-state index contributed by atoms with van der Waals surface area (Å²) >= 11 is 0. The quantitative estimate of drug-likeness (QED) is 0.381. The monoisotopic (exact) mass is 528 g/mol. The van der Waals surface area contributed by atoms with Gasteiger partial charge in [-0.05, 0) is 92.8 Å². The molecule has 3 fully saturated rings. The van der Waals surface area contributed by atoms with Gasteiger partial charge in [-0.15, -0.1) is 0 Å². The van der Waals surface area contributed by atoms with Crippen LogP contribution in [0.5, 0.6) is 5.75 Å². The predicted molar refractivity (Wildman–Crippen MR) is 157 cm³/mol. The van der Waals surface area contributed by atoms with Crippen molar-refractivity contribution in [1.29, 1.82) is 0 Å². The summed E-state index contributed by atoms with van der Waals surface area (Å²) in [5.41, 5.74) is 6.27. The number of carbonyl (C=O) groups is 1. The number of ether oxygens (including phenoxy) is 1. The minimum absolute atomic E-state index is 0.153. The van der Waals surface area contributed by atoms with Gasteiger partial charge in [0.25, 0.3) is 5.91 Å². The molecule has 6 heteroatoms. The van der Waals surface area contributed by atoms with Crippen LogP contribution >= 0.6 is 0 Å². The molecular weight excluding hydrogens is 484 g/mol. The van der Waals surface area contributed by atoms with Crippen molar-refractivity contribution in [3.05, 3.63) is 64.8 Å². The van der Waals surface area contributed by atoms with Crippen LogP contribution in [0.4, 0.5) is 0 Å². The normalized spacial score (nSPS) is 25.4. The Kier molecular flexibility index (Phi) is 7.19. The van der Waals surface area contributed by atoms with Gasteiger partial charge in [-0.2, -0.15) is 0 Å². The first kappa shape index (κ1) is 26.4. The Labute approximate surface area is 233 Å². The van der Waals surface area contributed by atoms with Gasteiger partial charge < -0.3 is 19.9 Å². The van der Waals surface area contributed by atoms with Crippen LogP contribution in [-0.4, -0.2) is 60.5 Å². The first-order valence-electron chi connectivity index (χ1n) is 14.9. The highest BCUT2D eigenvalue weighted by Gasteiger charge is 2.47. The number of nitrogens with one attached hydrogen (secondary N) is 2. The van der Waals surface area contributed by atoms with Crippen LogP contribution in [0.15, 0.2) is 42.6 Å². The smallest absolute Gasteiger partial charge is 0.253 e. The molecule has 2 aliphatic heterocycles. The Morgan fingerprint density at radius 2 is 1.92 bits per heavy atom. The number of amides is 1. The third kappa shape index (κ3) is 4.98. The molecule has 1 amide bonds. The molecule has 2 N–H and O–H groups in total. The Morgan fingerprint density at radius 3 is 2.56 bits per heavy atom. The summed E-state index contributed by atoms with van der Waals surface area (Å²) in [5.74, 6) is 2.54. The fraction of sp³-hybridized carbons (Fsp3) is 0.545. The molecule has 2 aromatic carbocycles. The maximum Gasteiger partial charge on any atom is 0.253 e. The topological polar surface area (TPSA) is 60.6 Å². The van der Waals surface area contributed by atoms with Crippen LogP contribution < -0.4 is 10.1 Å². The maximum atomic E-state index is 13.3. The number of benzene rings is 2. The van der Waals surface area contributed by atoms with Crippen LogP contribution in [0.25, 0.3) is 10.9 Å². The van der Waals surface area contributed by atoms with Crippen LogP contribution in [0.2, 0.25) is 0 Å². The molecule has 1 spiro atoms. The number of H-pyrrole nitrogens is 1. The van der Waals surface area contributed by atoms with Crippen molar-refractivity contribution in [2.24, 2.45) is 17.3 Å². The van der Waals surface area contributed by atoms with Gasteiger partial charge in [0.1, 0.15) is 5.75 Å². The highest BCUT2D eigenvalue weighted by molar-refractivity contribution is 5.94. The van der Waals surface area contributed by atoms with E-state index in [0.29, 0.717) is 17.4 Å². The van der Waals surface area contributed by atoms with Crippen LogP contribution in [0, 0.1) is 24.2 Å². The van der Waals surface area contributed by atoms with E-state index in [1.54, 1.807) is 7.11 Å². The van der Waals surface area contributed by atoms with Crippen molar-refractivity contribution in [3.63, 3.8) is 0 Å². The number of carbonyl (C=O) groups excluding carboxylic acids is 1. The van der Waals surface area contributed by atoms with E-state index >= 15 is 0 Å². The van der Waals surface area contributed by atoms with Gasteiger partial charge in [-0.3, -0.25) is 9.69 Å². The van der Waals surface area contributed by atoms with Crippen molar-refractivity contribution < 1.29 is 9.53 Å². The molecule has 39 heavy (non-hydrogen) atoms. The van der Waals surface area contributed by atoms with Crippen molar-refractivity contribution in [3.8, 4) is 5.75 Å². The number of hydrogen-bond acceptors (Lipinski definition) is 4. The number of likely N-dealkylation sites (tertiary alicyclic amines) is 1. The average Bonchev–Trinajstić information content (AvgIpc) is 3.40. The number of hydrogen-bond donors (Lipinski definition) is 2. The first-order chi connectivity index (χ1) is 18.9. The molecule has 1 saturated carbocycles. The second-order valence-corrected chi connectivity index (χ2v) is 12.6. The maximum absolute atomic E-state index is 13.3. The van der Waals surface area contributed by atoms with Gasteiger partial charge in [0.2, 0.25) is 0 Å². The van der Waals surface area contributed by atoms with Gasteiger partial charge in [0.05, 0.1) is 7.11 Å². The van der Waals surface area contributed by atoms with Crippen molar-refractivity contribution >= 4 is 16.8 Å². The molecule has 6 rings (SSSR count). The van der Waals surface area contributed by atoms with E-state index < -0.39 is 0 Å². The number of aryl methyl sites for hydroxylation is 1. The third-order valence-electron chi connectivity index (χ3n) is 9.81. The number of methoxy groups -OCH3 is 1. The Balaban J connectivity index is 1.27. The van der Waals surface area contributed by atoms with E-state index in [0.717, 1.165) is 56.5 Å². The van der Waals surface area contributed by atoms with Crippen LogP contribution in [-0.2, 0) is 6.54 Å². The predicted octanol–water partition coefficient (Wildman–Crippen LogP) is 5.92. The largest absolute Gasteiger partial charge is 0.496 e. The molecule has 0 unspecified atom stereocenters. The molecule has 3 aromatic rings. The lowest BCUT2D eigenvalue weighted by molar-refractivity contribution is -0.0397. The van der Waals surface area contributed by atoms with Crippen LogP contribution in [0.1, 0.15) is 72.6 Å². The van der Waals surface area contributed by atoms with Gasteiger partial charge in [0.15, 0.2) is 0 Å². The van der Waals surface area contributed by atoms with Crippen LogP contribution in [0.3, 0.4) is 0 Å². The zero-order valence-corrected chi connectivity index (χ0v) is 24.1. The molecule has 1 aliphatic carbocycles. The molecule has 0 bridgehead atoms. The number of aromatic amines is 1. The summed E-state index contributed by atoms with van der Waals surface area (Å²) in [5, 5.41) is 4.57. The molecule has 6 nitrogen and oxygen atoms in total. The molecule has 0 radical (unpaired) electrons. The third-order valence-corrected chi connectivity index (χ3v) is 9.81. The Hall–Kier alpha value is -2.83. The molecule has 3 heterocycles. The fourth-order valence-corrected chi connectivity index (χ4v) is 7.64. The zero-order chi connectivity index (χ0) is 27.1. The standard InChI is InChI=1S/C33H44N4O2/c1-5-36(20-24-18-34-19-24)32(38)26-8-6-25(7-9-26)29-17-33(15-22(2)16-33)11-13-37(29)21-28-27-10-12-35-31(27)23(3)14-30(28)39-4/h6-10,12,14,22,24,29,34-35H,5,11,13,15-21H2,1-4H3/t22?,29-,33?/m0/s1. The van der Waals surface area contributed by atoms with Gasteiger partial charge in [-0.1, -0.05) is 19.1 Å². The Bertz CT molecular complexity index is 1320. The molecule has 208 valence electrons. The number of nitrogens with zero attached hydrogens (tertiary/aromatic N) is 2.